The number of halogens is 2. The quantitative estimate of drug-likeness (QED) is 0.874. The van der Waals surface area contributed by atoms with Gasteiger partial charge in [-0.05, 0) is 39.3 Å². The highest BCUT2D eigenvalue weighted by Crippen LogP contribution is 2.21. The molecule has 0 spiro atoms. The summed E-state index contributed by atoms with van der Waals surface area (Å²) in [5.41, 5.74) is 1.36. The number of rotatable bonds is 6. The van der Waals surface area contributed by atoms with Crippen LogP contribution in [-0.4, -0.2) is 19.6 Å². The van der Waals surface area contributed by atoms with Crippen LogP contribution in [0.3, 0.4) is 0 Å². The SMILES string of the molecule is Cc1noc(C)c1CC(C)NS(=O)(=O)c1ccc(C(F)F)cc1. The highest BCUT2D eigenvalue weighted by atomic mass is 32.2. The Morgan fingerprint density at radius 3 is 2.30 bits per heavy atom. The van der Waals surface area contributed by atoms with E-state index in [1.54, 1.807) is 20.8 Å². The fourth-order valence-electron chi connectivity index (χ4n) is 2.27. The Labute approximate surface area is 133 Å². The molecule has 1 heterocycles. The van der Waals surface area contributed by atoms with Crippen LogP contribution in [0.25, 0.3) is 0 Å². The number of hydrogen-bond acceptors (Lipinski definition) is 4. The van der Waals surface area contributed by atoms with E-state index in [9.17, 15) is 17.2 Å². The van der Waals surface area contributed by atoms with Crippen molar-refractivity contribution in [2.45, 2.75) is 44.6 Å². The van der Waals surface area contributed by atoms with Gasteiger partial charge in [0.25, 0.3) is 6.43 Å². The fraction of sp³-hybridized carbons (Fsp3) is 0.400. The van der Waals surface area contributed by atoms with Crippen LogP contribution in [0.1, 0.15) is 35.9 Å². The van der Waals surface area contributed by atoms with E-state index >= 15 is 0 Å². The minimum absolute atomic E-state index is 0.0486. The summed E-state index contributed by atoms with van der Waals surface area (Å²) in [6, 6.07) is 4.17. The van der Waals surface area contributed by atoms with E-state index in [0.717, 1.165) is 23.4 Å². The predicted molar refractivity (Wildman–Crippen MR) is 80.9 cm³/mol. The molecule has 126 valence electrons. The van der Waals surface area contributed by atoms with Crippen LogP contribution in [-0.2, 0) is 16.4 Å². The van der Waals surface area contributed by atoms with Crippen molar-refractivity contribution in [2.75, 3.05) is 0 Å². The lowest BCUT2D eigenvalue weighted by Crippen LogP contribution is -2.34. The maximum absolute atomic E-state index is 12.5. The third-order valence-corrected chi connectivity index (χ3v) is 5.10. The molecule has 0 bridgehead atoms. The molecule has 0 saturated carbocycles. The molecule has 1 N–H and O–H groups in total. The largest absolute Gasteiger partial charge is 0.361 e. The molecule has 5 nitrogen and oxygen atoms in total. The molecule has 0 radical (unpaired) electrons. The first kappa shape index (κ1) is 17.6. The zero-order valence-electron chi connectivity index (χ0n) is 13.0. The number of benzene rings is 1. The third kappa shape index (κ3) is 4.14. The number of aryl methyl sites for hydroxylation is 2. The maximum Gasteiger partial charge on any atom is 0.263 e. The van der Waals surface area contributed by atoms with Crippen LogP contribution in [0.5, 0.6) is 0 Å². The number of hydrogen-bond donors (Lipinski definition) is 1. The van der Waals surface area contributed by atoms with Crippen LogP contribution in [0.4, 0.5) is 8.78 Å². The number of nitrogens with one attached hydrogen (secondary N) is 1. The Morgan fingerprint density at radius 2 is 1.83 bits per heavy atom. The van der Waals surface area contributed by atoms with Crippen molar-refractivity contribution >= 4 is 10.0 Å². The van der Waals surface area contributed by atoms with Crippen molar-refractivity contribution in [1.29, 1.82) is 0 Å². The molecule has 1 aromatic heterocycles. The Hall–Kier alpha value is -1.80. The molecule has 2 rings (SSSR count). The average Bonchev–Trinajstić information content (AvgIpc) is 2.78. The van der Waals surface area contributed by atoms with Gasteiger partial charge in [-0.3, -0.25) is 0 Å². The van der Waals surface area contributed by atoms with Gasteiger partial charge in [0.2, 0.25) is 10.0 Å². The van der Waals surface area contributed by atoms with Gasteiger partial charge in [-0.15, -0.1) is 0 Å². The smallest absolute Gasteiger partial charge is 0.263 e. The number of aromatic nitrogens is 1. The molecule has 1 unspecified atom stereocenters. The molecule has 0 aliphatic heterocycles. The second kappa shape index (κ2) is 6.76. The molecule has 0 amide bonds. The van der Waals surface area contributed by atoms with Gasteiger partial charge in [0.15, 0.2) is 0 Å². The molecule has 0 aliphatic rings. The third-order valence-electron chi connectivity index (χ3n) is 3.49. The number of alkyl halides is 2. The van der Waals surface area contributed by atoms with E-state index in [4.69, 9.17) is 4.52 Å². The van der Waals surface area contributed by atoms with Crippen LogP contribution < -0.4 is 4.72 Å². The van der Waals surface area contributed by atoms with Crippen LogP contribution >= 0.6 is 0 Å². The zero-order chi connectivity index (χ0) is 17.2. The molecule has 1 aromatic carbocycles. The second-order valence-corrected chi connectivity index (χ2v) is 7.11. The van der Waals surface area contributed by atoms with Crippen molar-refractivity contribution in [3.8, 4) is 0 Å². The maximum atomic E-state index is 12.5. The molecule has 8 heteroatoms. The molecule has 23 heavy (non-hydrogen) atoms. The highest BCUT2D eigenvalue weighted by molar-refractivity contribution is 7.89. The molecule has 0 saturated heterocycles. The van der Waals surface area contributed by atoms with Crippen LogP contribution in [0.2, 0.25) is 0 Å². The zero-order valence-corrected chi connectivity index (χ0v) is 13.8. The lowest BCUT2D eigenvalue weighted by atomic mass is 10.1. The summed E-state index contributed by atoms with van der Waals surface area (Å²) in [5, 5.41) is 3.83. The predicted octanol–water partition coefficient (Wildman–Crippen LogP) is 3.14. The van der Waals surface area contributed by atoms with E-state index in [2.05, 4.69) is 9.88 Å². The summed E-state index contributed by atoms with van der Waals surface area (Å²) in [7, 11) is -3.78. The van der Waals surface area contributed by atoms with Crippen molar-refractivity contribution < 1.29 is 21.7 Å². The van der Waals surface area contributed by atoms with E-state index in [1.165, 1.54) is 12.1 Å². The van der Waals surface area contributed by atoms with E-state index in [1.807, 2.05) is 0 Å². The lowest BCUT2D eigenvalue weighted by Gasteiger charge is -2.14. The monoisotopic (exact) mass is 344 g/mol. The molecular formula is C15H18F2N2O3S. The Kier molecular flexibility index (Phi) is 5.16. The van der Waals surface area contributed by atoms with E-state index < -0.39 is 22.5 Å². The Balaban J connectivity index is 2.11. The average molecular weight is 344 g/mol. The lowest BCUT2D eigenvalue weighted by molar-refractivity contribution is 0.151. The summed E-state index contributed by atoms with van der Waals surface area (Å²) < 4.78 is 57.2. The Morgan fingerprint density at radius 1 is 1.22 bits per heavy atom. The first-order valence-corrected chi connectivity index (χ1v) is 8.51. The van der Waals surface area contributed by atoms with Gasteiger partial charge in [0, 0.05) is 17.2 Å². The van der Waals surface area contributed by atoms with Crippen LogP contribution in [0, 0.1) is 13.8 Å². The minimum atomic E-state index is -3.78. The van der Waals surface area contributed by atoms with Gasteiger partial charge in [-0.2, -0.15) is 0 Å². The summed E-state index contributed by atoms with van der Waals surface area (Å²) in [5.74, 6) is 0.648. The summed E-state index contributed by atoms with van der Waals surface area (Å²) in [6.45, 7) is 5.27. The minimum Gasteiger partial charge on any atom is -0.361 e. The normalized spacial score (nSPS) is 13.5. The van der Waals surface area contributed by atoms with Crippen molar-refractivity contribution in [3.05, 3.63) is 46.8 Å². The Bertz CT molecular complexity index is 751. The molecule has 0 fully saturated rings. The molecule has 2 aromatic rings. The fourth-order valence-corrected chi connectivity index (χ4v) is 3.51. The van der Waals surface area contributed by atoms with Crippen molar-refractivity contribution in [1.82, 2.24) is 9.88 Å². The number of nitrogens with zero attached hydrogens (tertiary/aromatic N) is 1. The highest BCUT2D eigenvalue weighted by Gasteiger charge is 2.20. The first-order chi connectivity index (χ1) is 10.7. The van der Waals surface area contributed by atoms with Gasteiger partial charge in [0.1, 0.15) is 5.76 Å². The summed E-state index contributed by atoms with van der Waals surface area (Å²) in [4.78, 5) is -0.0486. The van der Waals surface area contributed by atoms with E-state index in [0.29, 0.717) is 12.2 Å². The van der Waals surface area contributed by atoms with Gasteiger partial charge in [0.05, 0.1) is 10.6 Å². The van der Waals surface area contributed by atoms with Crippen molar-refractivity contribution in [3.63, 3.8) is 0 Å². The summed E-state index contributed by atoms with van der Waals surface area (Å²) in [6.07, 6.45) is -2.20. The molecule has 0 aliphatic carbocycles. The van der Waals surface area contributed by atoms with Gasteiger partial charge < -0.3 is 4.52 Å². The first-order valence-electron chi connectivity index (χ1n) is 7.03. The molecule has 1 atom stereocenters. The standard InChI is InChI=1S/C15H18F2N2O3S/c1-9(8-14-10(2)18-22-11(14)3)19-23(20,21)13-6-4-12(5-7-13)15(16)17/h4-7,9,15,19H,8H2,1-3H3. The van der Waals surface area contributed by atoms with Gasteiger partial charge in [-0.1, -0.05) is 17.3 Å². The summed E-state index contributed by atoms with van der Waals surface area (Å²) >= 11 is 0. The van der Waals surface area contributed by atoms with Gasteiger partial charge in [-0.25, -0.2) is 21.9 Å². The van der Waals surface area contributed by atoms with Crippen molar-refractivity contribution in [2.24, 2.45) is 0 Å². The molecular weight excluding hydrogens is 326 g/mol. The van der Waals surface area contributed by atoms with Crippen LogP contribution in [0.15, 0.2) is 33.7 Å². The van der Waals surface area contributed by atoms with E-state index in [-0.39, 0.29) is 10.5 Å². The topological polar surface area (TPSA) is 72.2 Å². The van der Waals surface area contributed by atoms with Gasteiger partial charge >= 0.3 is 0 Å². The second-order valence-electron chi connectivity index (χ2n) is 5.40. The number of sulfonamides is 1.